The largest absolute Gasteiger partial charge is 0.497 e. The van der Waals surface area contributed by atoms with Crippen LogP contribution in [0.25, 0.3) is 0 Å². The molecule has 0 bridgehead atoms. The first-order chi connectivity index (χ1) is 15.0. The molecule has 0 amide bonds. The van der Waals surface area contributed by atoms with Crippen molar-refractivity contribution in [3.8, 4) is 11.5 Å². The number of methoxy groups -OCH3 is 2. The van der Waals surface area contributed by atoms with Crippen molar-refractivity contribution in [3.63, 3.8) is 0 Å². The Bertz CT molecular complexity index is 873. The smallest absolute Gasteiger partial charge is 0.191 e. The maximum Gasteiger partial charge on any atom is 0.191 e. The summed E-state index contributed by atoms with van der Waals surface area (Å²) in [5.74, 6) is 2.72. The summed E-state index contributed by atoms with van der Waals surface area (Å²) in [7, 11) is 3.17. The number of anilines is 1. The van der Waals surface area contributed by atoms with Gasteiger partial charge in [-0.2, -0.15) is 0 Å². The molecule has 1 aromatic carbocycles. The van der Waals surface area contributed by atoms with Gasteiger partial charge in [-0.25, -0.2) is 4.98 Å². The first-order valence-corrected chi connectivity index (χ1v) is 10.7. The van der Waals surface area contributed by atoms with E-state index in [2.05, 4.69) is 25.5 Å². The Balaban J connectivity index is 1.63. The molecule has 31 heavy (non-hydrogen) atoms. The maximum absolute atomic E-state index is 10.7. The van der Waals surface area contributed by atoms with Gasteiger partial charge in [0.2, 0.25) is 0 Å². The summed E-state index contributed by atoms with van der Waals surface area (Å²) in [6, 6.07) is 9.22. The van der Waals surface area contributed by atoms with Crippen LogP contribution in [0.1, 0.15) is 25.0 Å². The third kappa shape index (κ3) is 6.15. The highest BCUT2D eigenvalue weighted by molar-refractivity contribution is 6.32. The Kier molecular flexibility index (Phi) is 8.20. The van der Waals surface area contributed by atoms with Crippen LogP contribution in [0, 0.1) is 0 Å². The predicted molar refractivity (Wildman–Crippen MR) is 123 cm³/mol. The number of halogens is 1. The van der Waals surface area contributed by atoms with E-state index in [-0.39, 0.29) is 12.6 Å². The number of hydrogen-bond donors (Lipinski definition) is 3. The molecule has 1 aromatic heterocycles. The van der Waals surface area contributed by atoms with Gasteiger partial charge in [-0.1, -0.05) is 11.6 Å². The predicted octanol–water partition coefficient (Wildman–Crippen LogP) is 2.62. The number of ether oxygens (including phenoxy) is 2. The summed E-state index contributed by atoms with van der Waals surface area (Å²) >= 11 is 6.29. The zero-order chi connectivity index (χ0) is 22.2. The van der Waals surface area contributed by atoms with Gasteiger partial charge in [0.15, 0.2) is 5.96 Å². The van der Waals surface area contributed by atoms with Gasteiger partial charge in [0.05, 0.1) is 31.9 Å². The van der Waals surface area contributed by atoms with Gasteiger partial charge in [0, 0.05) is 37.9 Å². The lowest BCUT2D eigenvalue weighted by molar-refractivity contribution is 0.186. The van der Waals surface area contributed by atoms with E-state index in [9.17, 15) is 5.11 Å². The highest BCUT2D eigenvalue weighted by Gasteiger charge is 2.25. The molecule has 3 N–H and O–H groups in total. The van der Waals surface area contributed by atoms with Gasteiger partial charge in [0.25, 0.3) is 0 Å². The molecule has 1 fully saturated rings. The number of pyridine rings is 1. The molecular weight excluding hydrogens is 418 g/mol. The second-order valence-corrected chi connectivity index (χ2v) is 7.67. The molecule has 2 unspecified atom stereocenters. The summed E-state index contributed by atoms with van der Waals surface area (Å²) in [5, 5.41) is 18.0. The Morgan fingerprint density at radius 2 is 2.06 bits per heavy atom. The topological polar surface area (TPSA) is 91.2 Å². The van der Waals surface area contributed by atoms with E-state index in [0.717, 1.165) is 31.9 Å². The third-order valence-electron chi connectivity index (χ3n) is 5.09. The van der Waals surface area contributed by atoms with Crippen LogP contribution in [0.5, 0.6) is 11.5 Å². The van der Waals surface area contributed by atoms with Crippen molar-refractivity contribution in [3.05, 3.63) is 47.1 Å². The fourth-order valence-corrected chi connectivity index (χ4v) is 3.74. The van der Waals surface area contributed by atoms with E-state index in [4.69, 9.17) is 21.1 Å². The molecule has 0 spiro atoms. The van der Waals surface area contributed by atoms with Gasteiger partial charge in [-0.15, -0.1) is 0 Å². The maximum atomic E-state index is 10.7. The van der Waals surface area contributed by atoms with Crippen LogP contribution in [-0.4, -0.2) is 62.5 Å². The lowest BCUT2D eigenvalue weighted by Crippen LogP contribution is -2.44. The molecule has 168 valence electrons. The minimum atomic E-state index is -0.785. The van der Waals surface area contributed by atoms with E-state index in [1.807, 2.05) is 19.1 Å². The fourth-order valence-electron chi connectivity index (χ4n) is 3.50. The van der Waals surface area contributed by atoms with Crippen LogP contribution in [0.4, 0.5) is 5.82 Å². The minimum Gasteiger partial charge on any atom is -0.497 e. The molecule has 1 aliphatic rings. The zero-order valence-electron chi connectivity index (χ0n) is 18.1. The molecule has 2 heterocycles. The first kappa shape index (κ1) is 23.0. The molecule has 0 aliphatic carbocycles. The van der Waals surface area contributed by atoms with Crippen molar-refractivity contribution in [2.45, 2.75) is 25.5 Å². The summed E-state index contributed by atoms with van der Waals surface area (Å²) in [4.78, 5) is 11.1. The number of aliphatic imine (C=N–C) groups is 1. The van der Waals surface area contributed by atoms with Crippen LogP contribution in [-0.2, 0) is 0 Å². The number of guanidine groups is 1. The number of rotatable bonds is 8. The lowest BCUT2D eigenvalue weighted by Gasteiger charge is -2.20. The molecule has 0 saturated carbocycles. The number of nitrogens with one attached hydrogen (secondary N) is 2. The minimum absolute atomic E-state index is 0.199. The normalized spacial score (nSPS) is 17.4. The van der Waals surface area contributed by atoms with Crippen molar-refractivity contribution >= 4 is 23.4 Å². The highest BCUT2D eigenvalue weighted by atomic mass is 35.5. The number of hydrogen-bond acceptors (Lipinski definition) is 6. The monoisotopic (exact) mass is 447 g/mol. The number of benzene rings is 1. The quantitative estimate of drug-likeness (QED) is 0.423. The van der Waals surface area contributed by atoms with Crippen LogP contribution in [0.15, 0.2) is 41.5 Å². The fraction of sp³-hybridized carbons (Fsp3) is 0.455. The Morgan fingerprint density at radius 3 is 2.71 bits per heavy atom. The van der Waals surface area contributed by atoms with E-state index in [0.29, 0.717) is 28.0 Å². The van der Waals surface area contributed by atoms with Gasteiger partial charge < -0.3 is 30.1 Å². The highest BCUT2D eigenvalue weighted by Crippen LogP contribution is 2.27. The molecule has 1 saturated heterocycles. The van der Waals surface area contributed by atoms with Crippen molar-refractivity contribution in [2.24, 2.45) is 4.99 Å². The van der Waals surface area contributed by atoms with Gasteiger partial charge in [-0.05, 0) is 43.2 Å². The van der Waals surface area contributed by atoms with E-state index in [1.165, 1.54) is 0 Å². The zero-order valence-corrected chi connectivity index (χ0v) is 18.9. The van der Waals surface area contributed by atoms with Crippen LogP contribution in [0.3, 0.4) is 0 Å². The Hall–Kier alpha value is -2.71. The summed E-state index contributed by atoms with van der Waals surface area (Å²) in [5.41, 5.74) is 0.688. The standard InChI is InChI=1S/C22H30ClN5O3/c1-4-24-22(26-13-20(29)15-10-17(30-2)12-18(11-15)31-3)27-16-7-9-28(14-16)21-19(23)6-5-8-25-21/h5-6,8,10-12,16,20,29H,4,7,9,13-14H2,1-3H3,(H2,24,26,27). The van der Waals surface area contributed by atoms with E-state index >= 15 is 0 Å². The molecular formula is C22H30ClN5O3. The molecule has 2 atom stereocenters. The van der Waals surface area contributed by atoms with Gasteiger partial charge >= 0.3 is 0 Å². The van der Waals surface area contributed by atoms with Crippen molar-refractivity contribution in [2.75, 3.05) is 45.3 Å². The molecule has 0 radical (unpaired) electrons. The second-order valence-electron chi connectivity index (χ2n) is 7.27. The average Bonchev–Trinajstić information content (AvgIpc) is 3.25. The van der Waals surface area contributed by atoms with Crippen LogP contribution in [0.2, 0.25) is 5.02 Å². The lowest BCUT2D eigenvalue weighted by atomic mass is 10.1. The number of aliphatic hydroxyl groups excluding tert-OH is 1. The van der Waals surface area contributed by atoms with Crippen molar-refractivity contribution in [1.29, 1.82) is 0 Å². The first-order valence-electron chi connectivity index (χ1n) is 10.3. The summed E-state index contributed by atoms with van der Waals surface area (Å²) in [6.45, 7) is 4.57. The Morgan fingerprint density at radius 1 is 1.32 bits per heavy atom. The number of nitrogens with zero attached hydrogens (tertiary/aromatic N) is 3. The number of aromatic nitrogens is 1. The van der Waals surface area contributed by atoms with Crippen LogP contribution < -0.4 is 25.0 Å². The molecule has 3 rings (SSSR count). The third-order valence-corrected chi connectivity index (χ3v) is 5.39. The molecule has 2 aromatic rings. The SMILES string of the molecule is CCNC(=NCC(O)c1cc(OC)cc(OC)c1)NC1CCN(c2ncccc2Cl)C1. The average molecular weight is 448 g/mol. The second kappa shape index (κ2) is 11.1. The van der Waals surface area contributed by atoms with Crippen molar-refractivity contribution in [1.82, 2.24) is 15.6 Å². The van der Waals surface area contributed by atoms with Crippen LogP contribution >= 0.6 is 11.6 Å². The molecule has 1 aliphatic heterocycles. The van der Waals surface area contributed by atoms with E-state index in [1.54, 1.807) is 38.6 Å². The number of aliphatic hydroxyl groups is 1. The Labute approximate surface area is 188 Å². The van der Waals surface area contributed by atoms with Gasteiger partial charge in [-0.3, -0.25) is 4.99 Å². The molecule has 9 heteroatoms. The van der Waals surface area contributed by atoms with Gasteiger partial charge in [0.1, 0.15) is 17.3 Å². The summed E-state index contributed by atoms with van der Waals surface area (Å²) in [6.07, 6.45) is 1.90. The van der Waals surface area contributed by atoms with E-state index < -0.39 is 6.10 Å². The molecule has 8 nitrogen and oxygen atoms in total. The summed E-state index contributed by atoms with van der Waals surface area (Å²) < 4.78 is 10.6. The van der Waals surface area contributed by atoms with Crippen molar-refractivity contribution < 1.29 is 14.6 Å².